The van der Waals surface area contributed by atoms with Crippen LogP contribution >= 0.6 is 11.3 Å². The highest BCUT2D eigenvalue weighted by Crippen LogP contribution is 2.27. The minimum absolute atomic E-state index is 0.389. The van der Waals surface area contributed by atoms with Crippen molar-refractivity contribution in [1.82, 2.24) is 4.98 Å². The fourth-order valence-corrected chi connectivity index (χ4v) is 2.33. The molecule has 0 saturated carbocycles. The first-order valence-electron chi connectivity index (χ1n) is 5.98. The highest BCUT2D eigenvalue weighted by Gasteiger charge is 2.06. The van der Waals surface area contributed by atoms with Crippen LogP contribution in [0.5, 0.6) is 11.5 Å². The predicted molar refractivity (Wildman–Crippen MR) is 73.4 cm³/mol. The lowest BCUT2D eigenvalue weighted by atomic mass is 10.3. The monoisotopic (exact) mass is 274 g/mol. The quantitative estimate of drug-likeness (QED) is 0.811. The van der Waals surface area contributed by atoms with Gasteiger partial charge in [0.05, 0.1) is 19.1 Å². The summed E-state index contributed by atoms with van der Waals surface area (Å²) in [6, 6.07) is 9.67. The molecule has 1 aromatic carbocycles. The molecular formula is C14H14N2O2S. The number of aromatic nitrogens is 1. The van der Waals surface area contributed by atoms with Crippen LogP contribution < -0.4 is 9.47 Å². The average Bonchev–Trinajstić information content (AvgIpc) is 2.86. The zero-order valence-corrected chi connectivity index (χ0v) is 11.4. The Morgan fingerprint density at radius 3 is 2.68 bits per heavy atom. The van der Waals surface area contributed by atoms with E-state index in [1.165, 1.54) is 11.3 Å². The molecule has 0 spiro atoms. The summed E-state index contributed by atoms with van der Waals surface area (Å²) in [5.74, 6) is 1.44. The summed E-state index contributed by atoms with van der Waals surface area (Å²) in [5.41, 5.74) is 0. The van der Waals surface area contributed by atoms with Crippen molar-refractivity contribution in [2.24, 2.45) is 0 Å². The molecule has 19 heavy (non-hydrogen) atoms. The van der Waals surface area contributed by atoms with Crippen molar-refractivity contribution in [2.75, 3.05) is 6.61 Å². The number of hydrogen-bond acceptors (Lipinski definition) is 5. The van der Waals surface area contributed by atoms with E-state index in [0.29, 0.717) is 25.4 Å². The van der Waals surface area contributed by atoms with E-state index in [1.807, 2.05) is 31.2 Å². The number of ether oxygens (including phenoxy) is 2. The minimum atomic E-state index is 0.389. The van der Waals surface area contributed by atoms with Gasteiger partial charge < -0.3 is 9.47 Å². The Bertz CT molecular complexity index is 575. The first kappa shape index (κ1) is 13.4. The third-order valence-corrected chi connectivity index (χ3v) is 3.33. The van der Waals surface area contributed by atoms with Crippen molar-refractivity contribution >= 4 is 11.3 Å². The molecule has 0 atom stereocenters. The summed E-state index contributed by atoms with van der Waals surface area (Å²) in [5, 5.41) is 9.47. The molecule has 0 amide bonds. The number of thiazole rings is 1. The highest BCUT2D eigenvalue weighted by molar-refractivity contribution is 7.11. The van der Waals surface area contributed by atoms with Gasteiger partial charge in [0.25, 0.3) is 0 Å². The Balaban J connectivity index is 1.99. The van der Waals surface area contributed by atoms with Crippen molar-refractivity contribution in [3.8, 4) is 17.6 Å². The molecule has 98 valence electrons. The topological polar surface area (TPSA) is 55.1 Å². The maximum absolute atomic E-state index is 8.61. The van der Waals surface area contributed by atoms with Crippen LogP contribution in [-0.4, -0.2) is 11.6 Å². The second-order valence-electron chi connectivity index (χ2n) is 3.72. The van der Waals surface area contributed by atoms with Crippen LogP contribution in [0.2, 0.25) is 0 Å². The largest absolute Gasteiger partial charge is 0.490 e. The van der Waals surface area contributed by atoms with Crippen molar-refractivity contribution in [3.63, 3.8) is 0 Å². The zero-order valence-electron chi connectivity index (χ0n) is 10.6. The lowest BCUT2D eigenvalue weighted by molar-refractivity contribution is 0.269. The first-order chi connectivity index (χ1) is 9.33. The summed E-state index contributed by atoms with van der Waals surface area (Å²) in [4.78, 5) is 5.18. The van der Waals surface area contributed by atoms with Crippen LogP contribution in [0.15, 0.2) is 30.5 Å². The van der Waals surface area contributed by atoms with Crippen molar-refractivity contribution in [2.45, 2.75) is 20.0 Å². The lowest BCUT2D eigenvalue weighted by Crippen LogP contribution is -1.98. The molecule has 4 nitrogen and oxygen atoms in total. The van der Waals surface area contributed by atoms with E-state index in [4.69, 9.17) is 14.7 Å². The Hall–Kier alpha value is -2.06. The molecule has 0 N–H and O–H groups in total. The van der Waals surface area contributed by atoms with E-state index >= 15 is 0 Å². The van der Waals surface area contributed by atoms with Crippen LogP contribution in [-0.2, 0) is 13.0 Å². The van der Waals surface area contributed by atoms with Crippen LogP contribution in [0.3, 0.4) is 0 Å². The van der Waals surface area contributed by atoms with E-state index in [0.717, 1.165) is 15.6 Å². The average molecular weight is 274 g/mol. The number of hydrogen-bond donors (Lipinski definition) is 0. The van der Waals surface area contributed by atoms with E-state index in [1.54, 1.807) is 6.20 Å². The Morgan fingerprint density at radius 2 is 2.00 bits per heavy atom. The normalized spacial score (nSPS) is 9.89. The van der Waals surface area contributed by atoms with E-state index in [9.17, 15) is 0 Å². The van der Waals surface area contributed by atoms with Crippen molar-refractivity contribution < 1.29 is 9.47 Å². The number of rotatable bonds is 6. The summed E-state index contributed by atoms with van der Waals surface area (Å²) < 4.78 is 11.2. The molecule has 2 rings (SSSR count). The van der Waals surface area contributed by atoms with Crippen LogP contribution in [0.25, 0.3) is 0 Å². The Kier molecular flexibility index (Phi) is 4.76. The predicted octanol–water partition coefficient (Wildman–Crippen LogP) is 3.19. The smallest absolute Gasteiger partial charge is 0.161 e. The van der Waals surface area contributed by atoms with Gasteiger partial charge in [0.1, 0.15) is 11.6 Å². The Morgan fingerprint density at radius 1 is 1.26 bits per heavy atom. The molecule has 2 aromatic rings. The van der Waals surface area contributed by atoms with Gasteiger partial charge >= 0.3 is 0 Å². The summed E-state index contributed by atoms with van der Waals surface area (Å²) >= 11 is 1.50. The lowest BCUT2D eigenvalue weighted by Gasteiger charge is -2.10. The van der Waals surface area contributed by atoms with Gasteiger partial charge in [-0.05, 0) is 19.1 Å². The van der Waals surface area contributed by atoms with E-state index < -0.39 is 0 Å². The van der Waals surface area contributed by atoms with Gasteiger partial charge in [0, 0.05) is 11.1 Å². The molecule has 0 fully saturated rings. The highest BCUT2D eigenvalue weighted by atomic mass is 32.1. The second-order valence-corrected chi connectivity index (χ2v) is 4.92. The molecule has 0 saturated heterocycles. The van der Waals surface area contributed by atoms with Crippen molar-refractivity contribution in [1.29, 1.82) is 5.26 Å². The SMILES string of the molecule is CCOc1ccccc1OCc1ncc(CC#N)s1. The molecule has 0 unspecified atom stereocenters. The molecule has 0 aliphatic rings. The molecule has 1 aromatic heterocycles. The van der Waals surface area contributed by atoms with Gasteiger partial charge in [-0.15, -0.1) is 11.3 Å². The third-order valence-electron chi connectivity index (χ3n) is 2.35. The number of benzene rings is 1. The molecular weight excluding hydrogens is 260 g/mol. The maximum Gasteiger partial charge on any atom is 0.161 e. The molecule has 0 bridgehead atoms. The molecule has 1 heterocycles. The van der Waals surface area contributed by atoms with Crippen molar-refractivity contribution in [3.05, 3.63) is 40.3 Å². The fraction of sp³-hybridized carbons (Fsp3) is 0.286. The molecule has 5 heteroatoms. The Labute approximate surface area is 116 Å². The van der Waals surface area contributed by atoms with Gasteiger partial charge in [-0.2, -0.15) is 5.26 Å². The molecule has 0 radical (unpaired) electrons. The van der Waals surface area contributed by atoms with Gasteiger partial charge in [-0.1, -0.05) is 12.1 Å². The standard InChI is InChI=1S/C14H14N2O2S/c1-2-17-12-5-3-4-6-13(12)18-10-14-16-9-11(19-14)7-8-15/h3-6,9H,2,7,10H2,1H3. The van der Waals surface area contributed by atoms with Crippen LogP contribution in [0.4, 0.5) is 0 Å². The summed E-state index contributed by atoms with van der Waals surface area (Å²) in [7, 11) is 0. The molecule has 0 aliphatic carbocycles. The summed E-state index contributed by atoms with van der Waals surface area (Å²) in [6.45, 7) is 2.93. The van der Waals surface area contributed by atoms with Gasteiger partial charge in [-0.25, -0.2) is 4.98 Å². The minimum Gasteiger partial charge on any atom is -0.490 e. The zero-order chi connectivity index (χ0) is 13.5. The number of nitriles is 1. The van der Waals surface area contributed by atoms with E-state index in [2.05, 4.69) is 11.1 Å². The van der Waals surface area contributed by atoms with Gasteiger partial charge in [-0.3, -0.25) is 0 Å². The van der Waals surface area contributed by atoms with E-state index in [-0.39, 0.29) is 0 Å². The van der Waals surface area contributed by atoms with Crippen LogP contribution in [0, 0.1) is 11.3 Å². The number of nitrogens with zero attached hydrogens (tertiary/aromatic N) is 2. The summed E-state index contributed by atoms with van der Waals surface area (Å²) in [6.07, 6.45) is 2.12. The number of para-hydroxylation sites is 2. The van der Waals surface area contributed by atoms with Crippen LogP contribution in [0.1, 0.15) is 16.8 Å². The molecule has 0 aliphatic heterocycles. The second kappa shape index (κ2) is 6.76. The third kappa shape index (κ3) is 3.70. The van der Waals surface area contributed by atoms with Gasteiger partial charge in [0.15, 0.2) is 11.5 Å². The maximum atomic E-state index is 8.61. The fourth-order valence-electron chi connectivity index (χ4n) is 1.56. The first-order valence-corrected chi connectivity index (χ1v) is 6.80. The van der Waals surface area contributed by atoms with Gasteiger partial charge in [0.2, 0.25) is 0 Å².